The highest BCUT2D eigenvalue weighted by atomic mass is 16.5. The molecule has 0 unspecified atom stereocenters. The minimum absolute atomic E-state index is 0.0876. The number of amides is 1. The summed E-state index contributed by atoms with van der Waals surface area (Å²) in [6.07, 6.45) is 0. The Balaban J connectivity index is 2.28. The fourth-order valence-electron chi connectivity index (χ4n) is 2.27. The number of para-hydroxylation sites is 1. The van der Waals surface area contributed by atoms with Gasteiger partial charge < -0.3 is 14.6 Å². The van der Waals surface area contributed by atoms with Crippen LogP contribution in [0.2, 0.25) is 0 Å². The molecule has 0 bridgehead atoms. The van der Waals surface area contributed by atoms with Gasteiger partial charge in [0.2, 0.25) is 5.91 Å². The van der Waals surface area contributed by atoms with Crippen LogP contribution in [0.25, 0.3) is 10.9 Å². The molecule has 2 aromatic rings. The summed E-state index contributed by atoms with van der Waals surface area (Å²) in [4.78, 5) is 11.9. The number of nitrogens with zero attached hydrogens (tertiary/aromatic N) is 2. The van der Waals surface area contributed by atoms with E-state index in [1.165, 1.54) is 0 Å². The highest BCUT2D eigenvalue weighted by Gasteiger charge is 2.15. The number of carbonyl (C=O) groups is 1. The smallest absolute Gasteiger partial charge is 0.240 e. The summed E-state index contributed by atoms with van der Waals surface area (Å²) in [7, 11) is 1.59. The molecule has 1 aromatic carbocycles. The number of benzene rings is 1. The molecule has 0 aliphatic rings. The molecule has 1 N–H and O–H groups in total. The van der Waals surface area contributed by atoms with Crippen LogP contribution in [0.5, 0.6) is 0 Å². The van der Waals surface area contributed by atoms with Gasteiger partial charge in [0.15, 0.2) is 0 Å². The highest BCUT2D eigenvalue weighted by Crippen LogP contribution is 2.24. The van der Waals surface area contributed by atoms with Gasteiger partial charge in [0.25, 0.3) is 0 Å². The fraction of sp³-hybridized carbons (Fsp3) is 0.333. The minimum atomic E-state index is -0.0876. The molecule has 1 heterocycles. The number of methoxy groups -OCH3 is 1. The SMILES string of the molecule is COCCNC(=O)Cn1c(C)c(C#N)c2ccccc21. The molecular formula is C15H17N3O2. The average molecular weight is 271 g/mol. The molecule has 0 aliphatic heterocycles. The van der Waals surface area contributed by atoms with E-state index in [9.17, 15) is 10.1 Å². The average Bonchev–Trinajstić information content (AvgIpc) is 2.72. The maximum absolute atomic E-state index is 11.9. The van der Waals surface area contributed by atoms with Gasteiger partial charge in [-0.1, -0.05) is 18.2 Å². The van der Waals surface area contributed by atoms with E-state index in [-0.39, 0.29) is 12.5 Å². The van der Waals surface area contributed by atoms with Gasteiger partial charge in [-0.2, -0.15) is 5.26 Å². The van der Waals surface area contributed by atoms with Gasteiger partial charge in [0.05, 0.1) is 17.7 Å². The predicted molar refractivity (Wildman–Crippen MR) is 76.3 cm³/mol. The summed E-state index contributed by atoms with van der Waals surface area (Å²) in [5, 5.41) is 12.9. The number of rotatable bonds is 5. The normalized spacial score (nSPS) is 10.4. The van der Waals surface area contributed by atoms with Crippen LogP contribution in [0.3, 0.4) is 0 Å². The number of nitrogens with one attached hydrogen (secondary N) is 1. The lowest BCUT2D eigenvalue weighted by Crippen LogP contribution is -2.30. The summed E-state index contributed by atoms with van der Waals surface area (Å²) >= 11 is 0. The van der Waals surface area contributed by atoms with Crippen molar-refractivity contribution in [3.05, 3.63) is 35.5 Å². The monoisotopic (exact) mass is 271 g/mol. The standard InChI is InChI=1S/C15H17N3O2/c1-11-13(9-16)12-5-3-4-6-14(12)18(11)10-15(19)17-7-8-20-2/h3-6H,7-8,10H2,1-2H3,(H,17,19). The maximum atomic E-state index is 11.9. The van der Waals surface area contributed by atoms with E-state index in [1.807, 2.05) is 35.8 Å². The molecule has 0 spiro atoms. The lowest BCUT2D eigenvalue weighted by molar-refractivity contribution is -0.121. The topological polar surface area (TPSA) is 67.0 Å². The van der Waals surface area contributed by atoms with Crippen molar-refractivity contribution < 1.29 is 9.53 Å². The van der Waals surface area contributed by atoms with Crippen LogP contribution >= 0.6 is 0 Å². The first-order valence-electron chi connectivity index (χ1n) is 6.42. The first-order valence-corrected chi connectivity index (χ1v) is 6.42. The lowest BCUT2D eigenvalue weighted by Gasteiger charge is -2.09. The predicted octanol–water partition coefficient (Wildman–Crippen LogP) is 1.58. The van der Waals surface area contributed by atoms with Crippen LogP contribution in [0, 0.1) is 18.3 Å². The first-order chi connectivity index (χ1) is 9.69. The number of carbonyl (C=O) groups excluding carboxylic acids is 1. The second-order valence-corrected chi connectivity index (χ2v) is 4.52. The molecule has 0 saturated heterocycles. The molecular weight excluding hydrogens is 254 g/mol. The van der Waals surface area contributed by atoms with E-state index in [1.54, 1.807) is 7.11 Å². The summed E-state index contributed by atoms with van der Waals surface area (Å²) in [5.74, 6) is -0.0876. The number of hydrogen-bond donors (Lipinski definition) is 1. The Morgan fingerprint density at radius 3 is 2.90 bits per heavy atom. The highest BCUT2D eigenvalue weighted by molar-refractivity contribution is 5.89. The quantitative estimate of drug-likeness (QED) is 0.840. The van der Waals surface area contributed by atoms with E-state index >= 15 is 0 Å². The summed E-state index contributed by atoms with van der Waals surface area (Å²) < 4.78 is 6.76. The van der Waals surface area contributed by atoms with Crippen molar-refractivity contribution >= 4 is 16.8 Å². The molecule has 0 saturated carbocycles. The Bertz CT molecular complexity index is 668. The van der Waals surface area contributed by atoms with Gasteiger partial charge in [-0.25, -0.2) is 0 Å². The van der Waals surface area contributed by atoms with Gasteiger partial charge in [0.1, 0.15) is 12.6 Å². The van der Waals surface area contributed by atoms with Gasteiger partial charge in [-0.15, -0.1) is 0 Å². The van der Waals surface area contributed by atoms with Crippen LogP contribution in [0.4, 0.5) is 0 Å². The Morgan fingerprint density at radius 2 is 2.20 bits per heavy atom. The number of nitriles is 1. The van der Waals surface area contributed by atoms with Crippen molar-refractivity contribution in [1.82, 2.24) is 9.88 Å². The third kappa shape index (κ3) is 2.65. The largest absolute Gasteiger partial charge is 0.383 e. The Labute approximate surface area is 117 Å². The zero-order chi connectivity index (χ0) is 14.5. The van der Waals surface area contributed by atoms with E-state index in [0.29, 0.717) is 18.7 Å². The Hall–Kier alpha value is -2.32. The molecule has 0 fully saturated rings. The molecule has 0 radical (unpaired) electrons. The fourth-order valence-corrected chi connectivity index (χ4v) is 2.27. The third-order valence-corrected chi connectivity index (χ3v) is 3.27. The lowest BCUT2D eigenvalue weighted by atomic mass is 10.1. The summed E-state index contributed by atoms with van der Waals surface area (Å²) in [6.45, 7) is 3.04. The van der Waals surface area contributed by atoms with Crippen LogP contribution in [-0.2, 0) is 16.1 Å². The summed E-state index contributed by atoms with van der Waals surface area (Å²) in [6, 6.07) is 9.84. The number of ether oxygens (including phenoxy) is 1. The molecule has 0 atom stereocenters. The van der Waals surface area contributed by atoms with Gasteiger partial charge in [0, 0.05) is 24.7 Å². The van der Waals surface area contributed by atoms with Gasteiger partial charge >= 0.3 is 0 Å². The van der Waals surface area contributed by atoms with Crippen molar-refractivity contribution in [2.75, 3.05) is 20.3 Å². The van der Waals surface area contributed by atoms with Crippen molar-refractivity contribution in [3.8, 4) is 6.07 Å². The van der Waals surface area contributed by atoms with E-state index in [0.717, 1.165) is 16.6 Å². The van der Waals surface area contributed by atoms with Crippen LogP contribution in [0.1, 0.15) is 11.3 Å². The van der Waals surface area contributed by atoms with Crippen LogP contribution in [0.15, 0.2) is 24.3 Å². The molecule has 5 heteroatoms. The Morgan fingerprint density at radius 1 is 1.45 bits per heavy atom. The van der Waals surface area contributed by atoms with Crippen LogP contribution in [-0.4, -0.2) is 30.7 Å². The van der Waals surface area contributed by atoms with Gasteiger partial charge in [-0.3, -0.25) is 4.79 Å². The zero-order valence-corrected chi connectivity index (χ0v) is 11.6. The third-order valence-electron chi connectivity index (χ3n) is 3.27. The van der Waals surface area contributed by atoms with E-state index < -0.39 is 0 Å². The van der Waals surface area contributed by atoms with Gasteiger partial charge in [-0.05, 0) is 13.0 Å². The number of aromatic nitrogens is 1. The minimum Gasteiger partial charge on any atom is -0.383 e. The van der Waals surface area contributed by atoms with Crippen LogP contribution < -0.4 is 5.32 Å². The van der Waals surface area contributed by atoms with Crippen molar-refractivity contribution in [1.29, 1.82) is 5.26 Å². The molecule has 5 nitrogen and oxygen atoms in total. The molecule has 104 valence electrons. The summed E-state index contributed by atoms with van der Waals surface area (Å²) in [5.41, 5.74) is 2.35. The molecule has 2 rings (SSSR count). The number of fused-ring (bicyclic) bond motifs is 1. The number of hydrogen-bond acceptors (Lipinski definition) is 3. The first kappa shape index (κ1) is 14.1. The second kappa shape index (κ2) is 6.22. The maximum Gasteiger partial charge on any atom is 0.240 e. The molecule has 0 aliphatic carbocycles. The van der Waals surface area contributed by atoms with Crippen molar-refractivity contribution in [2.45, 2.75) is 13.5 Å². The van der Waals surface area contributed by atoms with E-state index in [4.69, 9.17) is 4.74 Å². The second-order valence-electron chi connectivity index (χ2n) is 4.52. The van der Waals surface area contributed by atoms with Crippen molar-refractivity contribution in [2.24, 2.45) is 0 Å². The molecule has 20 heavy (non-hydrogen) atoms. The Kier molecular flexibility index (Phi) is 4.38. The van der Waals surface area contributed by atoms with Crippen molar-refractivity contribution in [3.63, 3.8) is 0 Å². The molecule has 1 amide bonds. The molecule has 1 aromatic heterocycles. The zero-order valence-electron chi connectivity index (χ0n) is 11.6. The van der Waals surface area contributed by atoms with E-state index in [2.05, 4.69) is 11.4 Å².